The maximum absolute atomic E-state index is 12.6. The summed E-state index contributed by atoms with van der Waals surface area (Å²) in [6.07, 6.45) is 5.56. The van der Waals surface area contributed by atoms with Crippen molar-refractivity contribution >= 4 is 11.0 Å². The Hall–Kier alpha value is -1.84. The lowest BCUT2D eigenvalue weighted by molar-refractivity contribution is -0.478. The molecule has 1 aromatic heterocycles. The zero-order valence-electron chi connectivity index (χ0n) is 11.1. The van der Waals surface area contributed by atoms with E-state index in [0.717, 1.165) is 34.8 Å². The minimum atomic E-state index is 0.232. The molecule has 1 fully saturated rings. The molecule has 0 unspecified atom stereocenters. The SMILES string of the molecule is Cc1c(C2CCCCC2)[n+](=O)c2ccccc2n1[O-]. The van der Waals surface area contributed by atoms with E-state index < -0.39 is 0 Å². The molecule has 0 saturated heterocycles. The first-order chi connectivity index (χ1) is 9.20. The third-order valence-corrected chi connectivity index (χ3v) is 4.21. The van der Waals surface area contributed by atoms with Gasteiger partial charge < -0.3 is 9.94 Å². The molecule has 1 aromatic carbocycles. The number of rotatable bonds is 1. The van der Waals surface area contributed by atoms with Gasteiger partial charge in [0.1, 0.15) is 5.52 Å². The Morgan fingerprint density at radius 1 is 1.21 bits per heavy atom. The van der Waals surface area contributed by atoms with Crippen molar-refractivity contribution in [2.24, 2.45) is 0 Å². The molecule has 4 heteroatoms. The highest BCUT2D eigenvalue weighted by atomic mass is 16.5. The van der Waals surface area contributed by atoms with Crippen molar-refractivity contribution in [3.63, 3.8) is 0 Å². The third-order valence-electron chi connectivity index (χ3n) is 4.21. The van der Waals surface area contributed by atoms with Crippen LogP contribution in [0.15, 0.2) is 24.3 Å². The number of hydrogen-bond acceptors (Lipinski definition) is 2. The van der Waals surface area contributed by atoms with Crippen molar-refractivity contribution < 1.29 is 4.43 Å². The molecule has 19 heavy (non-hydrogen) atoms. The molecule has 0 bridgehead atoms. The Bertz CT molecular complexity index is 670. The van der Waals surface area contributed by atoms with E-state index in [1.54, 1.807) is 31.2 Å². The summed E-state index contributed by atoms with van der Waals surface area (Å²) in [5.41, 5.74) is 2.16. The normalized spacial score (nSPS) is 16.9. The topological polar surface area (TPSA) is 51.0 Å². The summed E-state index contributed by atoms with van der Waals surface area (Å²) in [4.78, 5) is 12.6. The number of hydrogen-bond donors (Lipinski definition) is 0. The van der Waals surface area contributed by atoms with Crippen molar-refractivity contribution in [2.75, 3.05) is 0 Å². The molecule has 0 N–H and O–H groups in total. The van der Waals surface area contributed by atoms with Crippen LogP contribution in [0.5, 0.6) is 0 Å². The van der Waals surface area contributed by atoms with Crippen molar-refractivity contribution in [1.29, 1.82) is 0 Å². The largest absolute Gasteiger partial charge is 0.805 e. The van der Waals surface area contributed by atoms with Crippen LogP contribution >= 0.6 is 0 Å². The third kappa shape index (κ3) is 1.91. The van der Waals surface area contributed by atoms with E-state index in [0.29, 0.717) is 22.4 Å². The predicted octanol–water partition coefficient (Wildman–Crippen LogP) is 3.26. The second kappa shape index (κ2) is 4.68. The molecule has 0 aliphatic heterocycles. The second-order valence-electron chi connectivity index (χ2n) is 5.38. The number of benzene rings is 1. The molecule has 0 atom stereocenters. The molecular formula is C15H18N2O2. The Balaban J connectivity index is 2.27. The highest BCUT2D eigenvalue weighted by Gasteiger charge is 2.29. The lowest BCUT2D eigenvalue weighted by atomic mass is 9.86. The van der Waals surface area contributed by atoms with Gasteiger partial charge in [-0.05, 0) is 25.8 Å². The van der Waals surface area contributed by atoms with E-state index in [1.165, 1.54) is 6.42 Å². The number of aromatic nitrogens is 2. The molecule has 4 nitrogen and oxygen atoms in total. The standard InChI is InChI=1S/C15H18N2O2/c1-11-15(12-7-3-2-4-8-12)17(19)14-10-6-5-9-13(14)16(11)18/h5-6,9-10,12H,2-4,7-8H2,1H3. The van der Waals surface area contributed by atoms with Gasteiger partial charge in [0.2, 0.25) is 0 Å². The lowest BCUT2D eigenvalue weighted by Crippen LogP contribution is -2.30. The number of nitrogens with zero attached hydrogens (tertiary/aromatic N) is 2. The summed E-state index contributed by atoms with van der Waals surface area (Å²) >= 11 is 0. The van der Waals surface area contributed by atoms with Gasteiger partial charge in [-0.3, -0.25) is 0 Å². The lowest BCUT2D eigenvalue weighted by Gasteiger charge is -2.22. The van der Waals surface area contributed by atoms with Crippen LogP contribution < -0.4 is 4.43 Å². The van der Waals surface area contributed by atoms with Crippen molar-refractivity contribution in [1.82, 2.24) is 4.73 Å². The average molecular weight is 258 g/mol. The quantitative estimate of drug-likeness (QED) is 0.737. The minimum Gasteiger partial charge on any atom is -0.805 e. The van der Waals surface area contributed by atoms with Gasteiger partial charge in [0, 0.05) is 11.0 Å². The van der Waals surface area contributed by atoms with Crippen LogP contribution in [-0.2, 0) is 0 Å². The van der Waals surface area contributed by atoms with Crippen LogP contribution in [0.2, 0.25) is 0 Å². The van der Waals surface area contributed by atoms with Crippen LogP contribution in [0.25, 0.3) is 11.0 Å². The molecular weight excluding hydrogens is 240 g/mol. The first-order valence-corrected chi connectivity index (χ1v) is 6.94. The molecule has 3 rings (SSSR count). The van der Waals surface area contributed by atoms with Crippen LogP contribution in [-0.4, -0.2) is 4.73 Å². The first kappa shape index (κ1) is 12.2. The Labute approximate surface area is 111 Å². The van der Waals surface area contributed by atoms with E-state index in [4.69, 9.17) is 0 Å². The van der Waals surface area contributed by atoms with E-state index in [1.807, 2.05) is 0 Å². The summed E-state index contributed by atoms with van der Waals surface area (Å²) < 4.78 is 1.89. The molecule has 1 saturated carbocycles. The number of fused-ring (bicyclic) bond motifs is 1. The van der Waals surface area contributed by atoms with E-state index in [2.05, 4.69) is 0 Å². The van der Waals surface area contributed by atoms with Crippen LogP contribution in [0.3, 0.4) is 0 Å². The molecule has 0 radical (unpaired) electrons. The zero-order chi connectivity index (χ0) is 13.4. The fourth-order valence-electron chi connectivity index (χ4n) is 3.21. The van der Waals surface area contributed by atoms with E-state index >= 15 is 0 Å². The van der Waals surface area contributed by atoms with E-state index in [9.17, 15) is 10.1 Å². The first-order valence-electron chi connectivity index (χ1n) is 6.94. The van der Waals surface area contributed by atoms with Crippen molar-refractivity contribution in [3.8, 4) is 0 Å². The summed E-state index contributed by atoms with van der Waals surface area (Å²) in [5, 5.41) is 12.3. The molecule has 0 spiro atoms. The highest BCUT2D eigenvalue weighted by molar-refractivity contribution is 5.72. The number of para-hydroxylation sites is 2. The Morgan fingerprint density at radius 3 is 2.63 bits per heavy atom. The monoisotopic (exact) mass is 258 g/mol. The predicted molar refractivity (Wildman–Crippen MR) is 74.6 cm³/mol. The molecule has 1 aliphatic rings. The van der Waals surface area contributed by atoms with E-state index in [-0.39, 0.29) is 5.92 Å². The van der Waals surface area contributed by atoms with Gasteiger partial charge in [-0.2, -0.15) is 0 Å². The Morgan fingerprint density at radius 2 is 1.89 bits per heavy atom. The molecule has 100 valence electrons. The summed E-state index contributed by atoms with van der Waals surface area (Å²) in [6.45, 7) is 1.76. The summed E-state index contributed by atoms with van der Waals surface area (Å²) in [6, 6.07) is 7.02. The summed E-state index contributed by atoms with van der Waals surface area (Å²) in [7, 11) is 0. The molecule has 1 heterocycles. The molecule has 1 aliphatic carbocycles. The average Bonchev–Trinajstić information content (AvgIpc) is 2.46. The molecule has 0 amide bonds. The van der Waals surface area contributed by atoms with Gasteiger partial charge in [-0.1, -0.05) is 31.4 Å². The van der Waals surface area contributed by atoms with Gasteiger partial charge in [0.15, 0.2) is 0 Å². The van der Waals surface area contributed by atoms with Gasteiger partial charge in [0.25, 0.3) is 11.2 Å². The second-order valence-corrected chi connectivity index (χ2v) is 5.38. The van der Waals surface area contributed by atoms with Crippen LogP contribution in [0.4, 0.5) is 0 Å². The fraction of sp³-hybridized carbons (Fsp3) is 0.467. The van der Waals surface area contributed by atoms with Gasteiger partial charge in [0.05, 0.1) is 16.0 Å². The maximum Gasteiger partial charge on any atom is 0.286 e. The fourth-order valence-corrected chi connectivity index (χ4v) is 3.21. The van der Waals surface area contributed by atoms with Crippen molar-refractivity contribution in [2.45, 2.75) is 44.9 Å². The van der Waals surface area contributed by atoms with Gasteiger partial charge in [-0.25, -0.2) is 0 Å². The Kier molecular flexibility index (Phi) is 3.01. The molecule has 2 aromatic rings. The van der Waals surface area contributed by atoms with Crippen LogP contribution in [0, 0.1) is 17.0 Å². The smallest absolute Gasteiger partial charge is 0.286 e. The maximum atomic E-state index is 12.6. The highest BCUT2D eigenvalue weighted by Crippen LogP contribution is 2.32. The van der Waals surface area contributed by atoms with Crippen LogP contribution in [0.1, 0.15) is 49.4 Å². The summed E-state index contributed by atoms with van der Waals surface area (Å²) in [5.74, 6) is 0.232. The van der Waals surface area contributed by atoms with Crippen molar-refractivity contribution in [3.05, 3.63) is 45.8 Å². The van der Waals surface area contributed by atoms with Gasteiger partial charge in [-0.15, -0.1) is 0 Å². The minimum absolute atomic E-state index is 0.232. The van der Waals surface area contributed by atoms with Gasteiger partial charge >= 0.3 is 0 Å². The zero-order valence-corrected chi connectivity index (χ0v) is 11.1.